The number of H-pyrrole nitrogens is 1. The summed E-state index contributed by atoms with van der Waals surface area (Å²) in [5, 5.41) is 0. The molecule has 1 aliphatic rings. The van der Waals surface area contributed by atoms with Crippen LogP contribution in [0.25, 0.3) is 0 Å². The van der Waals surface area contributed by atoms with Crippen molar-refractivity contribution in [3.63, 3.8) is 0 Å². The Kier molecular flexibility index (Phi) is 3.26. The van der Waals surface area contributed by atoms with E-state index in [1.54, 1.807) is 12.4 Å². The number of hydrogen-bond acceptors (Lipinski definition) is 3. The van der Waals surface area contributed by atoms with Crippen molar-refractivity contribution in [2.75, 3.05) is 0 Å². The summed E-state index contributed by atoms with van der Waals surface area (Å²) in [5.41, 5.74) is 2.39. The molecule has 0 aromatic carbocycles. The summed E-state index contributed by atoms with van der Waals surface area (Å²) in [7, 11) is 0. The molecule has 0 unspecified atom stereocenters. The number of rotatable bonds is 3. The van der Waals surface area contributed by atoms with Gasteiger partial charge in [-0.25, -0.2) is 4.98 Å². The molecule has 2 aromatic rings. The van der Waals surface area contributed by atoms with Crippen LogP contribution in [-0.2, 0) is 6.42 Å². The van der Waals surface area contributed by atoms with Crippen molar-refractivity contribution in [2.45, 2.75) is 25.2 Å². The average Bonchev–Trinajstić information content (AvgIpc) is 3.19. The lowest BCUT2D eigenvalue weighted by molar-refractivity contribution is 0.882. The highest BCUT2D eigenvalue weighted by molar-refractivity contribution is 9.10. The number of aromatic nitrogens is 3. The third kappa shape index (κ3) is 2.52. The van der Waals surface area contributed by atoms with Gasteiger partial charge in [0.2, 0.25) is 0 Å². The van der Waals surface area contributed by atoms with Gasteiger partial charge in [0.05, 0.1) is 4.47 Å². The topological polar surface area (TPSA) is 41.6 Å². The molecule has 18 heavy (non-hydrogen) atoms. The molecule has 3 nitrogen and oxygen atoms in total. The van der Waals surface area contributed by atoms with Crippen LogP contribution in [-0.4, -0.2) is 15.0 Å². The van der Waals surface area contributed by atoms with Crippen molar-refractivity contribution in [1.29, 1.82) is 0 Å². The number of hydrogen-bond donors (Lipinski definition) is 1. The molecule has 92 valence electrons. The summed E-state index contributed by atoms with van der Waals surface area (Å²) < 4.78 is 1.61. The van der Waals surface area contributed by atoms with E-state index in [0.717, 1.165) is 16.7 Å². The quantitative estimate of drug-likeness (QED) is 0.875. The lowest BCUT2D eigenvalue weighted by Crippen LogP contribution is -2.02. The fourth-order valence-corrected chi connectivity index (χ4v) is 2.69. The van der Waals surface area contributed by atoms with Crippen molar-refractivity contribution in [3.8, 4) is 0 Å². The van der Waals surface area contributed by atoms with Crippen LogP contribution in [0.15, 0.2) is 29.0 Å². The molecule has 0 atom stereocenters. The Morgan fingerprint density at radius 3 is 2.72 bits per heavy atom. The molecule has 2 heterocycles. The molecule has 1 N–H and O–H groups in total. The van der Waals surface area contributed by atoms with Gasteiger partial charge in [-0.2, -0.15) is 0 Å². The zero-order chi connectivity index (χ0) is 12.5. The van der Waals surface area contributed by atoms with Gasteiger partial charge < -0.3 is 4.98 Å². The third-order valence-electron chi connectivity index (χ3n) is 3.05. The Labute approximate surface area is 119 Å². The van der Waals surface area contributed by atoms with E-state index in [9.17, 15) is 0 Å². The third-order valence-corrected chi connectivity index (χ3v) is 4.41. The molecular weight excluding hydrogens is 310 g/mol. The highest BCUT2D eigenvalue weighted by atomic mass is 79.9. The Morgan fingerprint density at radius 1 is 1.33 bits per heavy atom. The van der Waals surface area contributed by atoms with Crippen molar-refractivity contribution >= 4 is 28.1 Å². The highest BCUT2D eigenvalue weighted by Gasteiger charge is 2.27. The first-order chi connectivity index (χ1) is 8.74. The average molecular weight is 322 g/mol. The number of nitrogens with zero attached hydrogens (tertiary/aromatic N) is 2. The SMILES string of the molecule is S=c1nc(Cc2ccncc2)[nH]c(C2CC2)c1Br. The van der Waals surface area contributed by atoms with Gasteiger partial charge in [0.15, 0.2) is 0 Å². The molecule has 5 heteroatoms. The van der Waals surface area contributed by atoms with Crippen molar-refractivity contribution in [1.82, 2.24) is 15.0 Å². The van der Waals surface area contributed by atoms with Crippen LogP contribution in [0.5, 0.6) is 0 Å². The van der Waals surface area contributed by atoms with Crippen LogP contribution in [0.1, 0.15) is 35.8 Å². The molecule has 1 saturated carbocycles. The molecule has 0 amide bonds. The Balaban J connectivity index is 1.95. The van der Waals surface area contributed by atoms with Gasteiger partial charge in [-0.15, -0.1) is 0 Å². The van der Waals surface area contributed by atoms with E-state index in [1.807, 2.05) is 12.1 Å². The second-order valence-corrected chi connectivity index (χ2v) is 5.70. The summed E-state index contributed by atoms with van der Waals surface area (Å²) in [6.45, 7) is 0. The molecular formula is C13H12BrN3S. The summed E-state index contributed by atoms with van der Waals surface area (Å²) in [6, 6.07) is 3.99. The Hall–Kier alpha value is -1.07. The first-order valence-corrected chi connectivity index (χ1v) is 7.11. The predicted molar refractivity (Wildman–Crippen MR) is 76.1 cm³/mol. The van der Waals surface area contributed by atoms with Gasteiger partial charge >= 0.3 is 0 Å². The maximum Gasteiger partial charge on any atom is 0.144 e. The van der Waals surface area contributed by atoms with Gasteiger partial charge in [0, 0.05) is 30.4 Å². The van der Waals surface area contributed by atoms with Gasteiger partial charge in [-0.1, -0.05) is 12.2 Å². The number of nitrogens with one attached hydrogen (secondary N) is 1. The van der Waals surface area contributed by atoms with Crippen LogP contribution >= 0.6 is 28.1 Å². The maximum atomic E-state index is 5.30. The van der Waals surface area contributed by atoms with E-state index in [2.05, 4.69) is 30.9 Å². The molecule has 0 spiro atoms. The normalized spacial score (nSPS) is 14.7. The lowest BCUT2D eigenvalue weighted by Gasteiger charge is -2.07. The fourth-order valence-electron chi connectivity index (χ4n) is 1.96. The number of halogens is 1. The van der Waals surface area contributed by atoms with Crippen LogP contribution < -0.4 is 0 Å². The lowest BCUT2D eigenvalue weighted by atomic mass is 10.2. The largest absolute Gasteiger partial charge is 0.346 e. The molecule has 0 radical (unpaired) electrons. The maximum absolute atomic E-state index is 5.30. The van der Waals surface area contributed by atoms with Crippen molar-refractivity contribution in [2.24, 2.45) is 0 Å². The van der Waals surface area contributed by atoms with Crippen molar-refractivity contribution < 1.29 is 0 Å². The van der Waals surface area contributed by atoms with E-state index >= 15 is 0 Å². The highest BCUT2D eigenvalue weighted by Crippen LogP contribution is 2.42. The minimum absolute atomic E-state index is 0.625. The summed E-state index contributed by atoms with van der Waals surface area (Å²) in [5.74, 6) is 1.55. The number of pyridine rings is 1. The molecule has 0 saturated heterocycles. The smallest absolute Gasteiger partial charge is 0.144 e. The molecule has 3 rings (SSSR count). The van der Waals surface area contributed by atoms with Crippen molar-refractivity contribution in [3.05, 3.63) is 50.7 Å². The van der Waals surface area contributed by atoms with Crippen LogP contribution in [0.4, 0.5) is 0 Å². The minimum atomic E-state index is 0.625. The zero-order valence-electron chi connectivity index (χ0n) is 9.69. The Morgan fingerprint density at radius 2 is 2.06 bits per heavy atom. The summed E-state index contributed by atoms with van der Waals surface area (Å²) in [4.78, 5) is 11.9. The summed E-state index contributed by atoms with van der Waals surface area (Å²) >= 11 is 8.83. The van der Waals surface area contributed by atoms with Gasteiger partial charge in [-0.05, 0) is 46.5 Å². The van der Waals surface area contributed by atoms with Crippen LogP contribution in [0.3, 0.4) is 0 Å². The van der Waals surface area contributed by atoms with E-state index < -0.39 is 0 Å². The molecule has 1 fully saturated rings. The zero-order valence-corrected chi connectivity index (χ0v) is 12.1. The second kappa shape index (κ2) is 4.90. The number of aromatic amines is 1. The van der Waals surface area contributed by atoms with E-state index in [1.165, 1.54) is 24.1 Å². The Bertz CT molecular complexity index is 620. The van der Waals surface area contributed by atoms with E-state index in [4.69, 9.17) is 12.2 Å². The second-order valence-electron chi connectivity index (χ2n) is 4.52. The van der Waals surface area contributed by atoms with E-state index in [0.29, 0.717) is 10.6 Å². The minimum Gasteiger partial charge on any atom is -0.346 e. The predicted octanol–water partition coefficient (Wildman–Crippen LogP) is 3.76. The molecule has 1 aliphatic carbocycles. The van der Waals surface area contributed by atoms with Gasteiger partial charge in [0.1, 0.15) is 10.5 Å². The van der Waals surface area contributed by atoms with Crippen LogP contribution in [0, 0.1) is 4.64 Å². The fraction of sp³-hybridized carbons (Fsp3) is 0.308. The standard InChI is InChI=1S/C13H12BrN3S/c14-11-12(9-1-2-9)16-10(17-13(11)18)7-8-3-5-15-6-4-8/h3-6,9H,1-2,7H2,(H,16,17,18). The molecule has 2 aromatic heterocycles. The van der Waals surface area contributed by atoms with Crippen LogP contribution in [0.2, 0.25) is 0 Å². The van der Waals surface area contributed by atoms with E-state index in [-0.39, 0.29) is 0 Å². The first kappa shape index (κ1) is 12.0. The van der Waals surface area contributed by atoms with Gasteiger partial charge in [-0.3, -0.25) is 4.98 Å². The molecule has 0 aliphatic heterocycles. The van der Waals surface area contributed by atoms with Gasteiger partial charge in [0.25, 0.3) is 0 Å². The first-order valence-electron chi connectivity index (χ1n) is 5.91. The summed E-state index contributed by atoms with van der Waals surface area (Å²) in [6.07, 6.45) is 6.83. The monoisotopic (exact) mass is 321 g/mol. The molecule has 0 bridgehead atoms.